The molecule has 0 aliphatic rings. The van der Waals surface area contributed by atoms with Gasteiger partial charge in [0.05, 0.1) is 6.42 Å². The molecule has 0 aliphatic carbocycles. The van der Waals surface area contributed by atoms with Gasteiger partial charge in [-0.15, -0.1) is 0 Å². The van der Waals surface area contributed by atoms with Crippen molar-refractivity contribution in [2.24, 2.45) is 7.05 Å². The first-order valence-corrected chi connectivity index (χ1v) is 7.41. The fraction of sp³-hybridized carbons (Fsp3) is 0.375. The van der Waals surface area contributed by atoms with Crippen LogP contribution in [0.15, 0.2) is 36.7 Å². The summed E-state index contributed by atoms with van der Waals surface area (Å²) in [7, 11) is 1.29. The van der Waals surface area contributed by atoms with E-state index in [4.69, 9.17) is 0 Å². The summed E-state index contributed by atoms with van der Waals surface area (Å²) >= 11 is 0. The number of benzene rings is 1. The number of rotatable bonds is 6. The smallest absolute Gasteiger partial charge is 0.374 e. The Kier molecular flexibility index (Phi) is 5.46. The predicted molar refractivity (Wildman–Crippen MR) is 80.9 cm³/mol. The van der Waals surface area contributed by atoms with Crippen LogP contribution in [0.25, 0.3) is 0 Å². The molecule has 0 aliphatic heterocycles. The van der Waals surface area contributed by atoms with Crippen molar-refractivity contribution in [1.29, 1.82) is 0 Å². The zero-order chi connectivity index (χ0) is 18.7. The van der Waals surface area contributed by atoms with Crippen molar-refractivity contribution in [1.82, 2.24) is 14.9 Å². The van der Waals surface area contributed by atoms with Gasteiger partial charge in [-0.3, -0.25) is 4.79 Å². The molecule has 0 fully saturated rings. The topological polar surface area (TPSA) is 67.1 Å². The lowest BCUT2D eigenvalue weighted by molar-refractivity contribution is -0.271. The van der Waals surface area contributed by atoms with Gasteiger partial charge in [-0.25, -0.2) is 9.37 Å². The third-order valence-electron chi connectivity index (χ3n) is 3.70. The Hall–Kier alpha value is -2.42. The first kappa shape index (κ1) is 18.9. The fourth-order valence-electron chi connectivity index (χ4n) is 2.40. The van der Waals surface area contributed by atoms with Crippen LogP contribution in [0, 0.1) is 5.82 Å². The van der Waals surface area contributed by atoms with Crippen LogP contribution in [-0.4, -0.2) is 33.3 Å². The highest BCUT2D eigenvalue weighted by atomic mass is 19.4. The Bertz CT molecular complexity index is 745. The number of aliphatic hydroxyl groups is 1. The highest BCUT2D eigenvalue weighted by molar-refractivity contribution is 5.77. The van der Waals surface area contributed by atoms with E-state index in [0.717, 1.165) is 10.8 Å². The number of hydrogen-bond donors (Lipinski definition) is 2. The van der Waals surface area contributed by atoms with Crippen LogP contribution >= 0.6 is 0 Å². The van der Waals surface area contributed by atoms with E-state index in [1.54, 1.807) is 6.07 Å². The maximum absolute atomic E-state index is 13.3. The van der Waals surface area contributed by atoms with E-state index in [9.17, 15) is 27.5 Å². The summed E-state index contributed by atoms with van der Waals surface area (Å²) in [6, 6.07) is 5.66. The molecule has 1 unspecified atom stereocenters. The molecule has 1 atom stereocenters. The molecular formula is C16H17F4N3O2. The Morgan fingerprint density at radius 1 is 1.36 bits per heavy atom. The van der Waals surface area contributed by atoms with E-state index in [-0.39, 0.29) is 13.0 Å². The van der Waals surface area contributed by atoms with Crippen LogP contribution in [0.2, 0.25) is 0 Å². The van der Waals surface area contributed by atoms with Gasteiger partial charge in [-0.2, -0.15) is 13.2 Å². The molecule has 0 radical (unpaired) electrons. The third kappa shape index (κ3) is 4.36. The first-order valence-electron chi connectivity index (χ1n) is 7.41. The molecule has 0 bridgehead atoms. The van der Waals surface area contributed by atoms with Crippen molar-refractivity contribution in [2.45, 2.75) is 24.6 Å². The third-order valence-corrected chi connectivity index (χ3v) is 3.70. The second-order valence-corrected chi connectivity index (χ2v) is 5.63. The van der Waals surface area contributed by atoms with Crippen molar-refractivity contribution in [3.63, 3.8) is 0 Å². The Morgan fingerprint density at radius 2 is 2.08 bits per heavy atom. The standard InChI is InChI=1S/C16H17F4N3O2/c1-23-8-7-22-14(23)15(25,16(18,19)20)10-13(24)21-6-5-11-3-2-4-12(17)9-11/h2-4,7-9,25H,5-6,10H2,1H3,(H,21,24). The van der Waals surface area contributed by atoms with Crippen molar-refractivity contribution in [3.05, 3.63) is 53.9 Å². The highest BCUT2D eigenvalue weighted by Gasteiger charge is 2.58. The molecule has 1 aromatic heterocycles. The molecule has 25 heavy (non-hydrogen) atoms. The lowest BCUT2D eigenvalue weighted by Crippen LogP contribution is -2.48. The molecule has 5 nitrogen and oxygen atoms in total. The highest BCUT2D eigenvalue weighted by Crippen LogP contribution is 2.40. The number of carbonyl (C=O) groups excluding carboxylic acids is 1. The normalized spacial score (nSPS) is 14.2. The summed E-state index contributed by atoms with van der Waals surface area (Å²) in [6.45, 7) is 0.0107. The van der Waals surface area contributed by atoms with E-state index in [0.29, 0.717) is 5.56 Å². The van der Waals surface area contributed by atoms with Crippen molar-refractivity contribution >= 4 is 5.91 Å². The molecule has 0 saturated heterocycles. The molecule has 2 aromatic rings. The van der Waals surface area contributed by atoms with Crippen LogP contribution in [0.3, 0.4) is 0 Å². The molecular weight excluding hydrogens is 342 g/mol. The van der Waals surface area contributed by atoms with Gasteiger partial charge in [0.25, 0.3) is 0 Å². The molecule has 1 heterocycles. The molecule has 1 amide bonds. The number of halogens is 4. The molecule has 136 valence electrons. The zero-order valence-electron chi connectivity index (χ0n) is 13.3. The van der Waals surface area contributed by atoms with Crippen molar-refractivity contribution in [3.8, 4) is 0 Å². The van der Waals surface area contributed by atoms with Gasteiger partial charge < -0.3 is 15.0 Å². The summed E-state index contributed by atoms with van der Waals surface area (Å²) in [5, 5.41) is 12.4. The number of hydrogen-bond acceptors (Lipinski definition) is 3. The van der Waals surface area contributed by atoms with Crippen LogP contribution in [-0.2, 0) is 23.9 Å². The van der Waals surface area contributed by atoms with Crippen LogP contribution in [0.1, 0.15) is 17.8 Å². The van der Waals surface area contributed by atoms with Gasteiger partial charge in [0.15, 0.2) is 5.82 Å². The Balaban J connectivity index is 2.02. The second kappa shape index (κ2) is 7.22. The van der Waals surface area contributed by atoms with Gasteiger partial charge in [-0.05, 0) is 24.1 Å². The van der Waals surface area contributed by atoms with Gasteiger partial charge in [-0.1, -0.05) is 12.1 Å². The molecule has 2 N–H and O–H groups in total. The van der Waals surface area contributed by atoms with Crippen molar-refractivity contribution in [2.75, 3.05) is 6.54 Å². The minimum absolute atomic E-state index is 0.0107. The quantitative estimate of drug-likeness (QED) is 0.776. The summed E-state index contributed by atoms with van der Waals surface area (Å²) in [4.78, 5) is 15.4. The van der Waals surface area contributed by atoms with Crippen LogP contribution in [0.5, 0.6) is 0 Å². The number of carbonyl (C=O) groups is 1. The molecule has 2 rings (SSSR count). The second-order valence-electron chi connectivity index (χ2n) is 5.63. The van der Waals surface area contributed by atoms with Gasteiger partial charge >= 0.3 is 6.18 Å². The van der Waals surface area contributed by atoms with E-state index in [2.05, 4.69) is 10.3 Å². The predicted octanol–water partition coefficient (Wildman–Crippen LogP) is 2.06. The number of nitrogens with one attached hydrogen (secondary N) is 1. The fourth-order valence-corrected chi connectivity index (χ4v) is 2.40. The lowest BCUT2D eigenvalue weighted by Gasteiger charge is -2.29. The number of aromatic nitrogens is 2. The molecule has 1 aromatic carbocycles. The van der Waals surface area contributed by atoms with Gasteiger partial charge in [0.2, 0.25) is 11.5 Å². The van der Waals surface area contributed by atoms with E-state index < -0.39 is 35.7 Å². The number of nitrogens with zero attached hydrogens (tertiary/aromatic N) is 2. The minimum Gasteiger partial charge on any atom is -0.374 e. The monoisotopic (exact) mass is 359 g/mol. The summed E-state index contributed by atoms with van der Waals surface area (Å²) < 4.78 is 54.0. The minimum atomic E-state index is -5.08. The summed E-state index contributed by atoms with van der Waals surface area (Å²) in [5.41, 5.74) is -2.80. The summed E-state index contributed by atoms with van der Waals surface area (Å²) in [6.07, 6.45) is -3.70. The number of alkyl halides is 3. The first-order chi connectivity index (χ1) is 11.6. The largest absolute Gasteiger partial charge is 0.425 e. The van der Waals surface area contributed by atoms with E-state index in [1.165, 1.54) is 31.4 Å². The number of aryl methyl sites for hydroxylation is 1. The summed E-state index contributed by atoms with van der Waals surface area (Å²) in [5.74, 6) is -2.09. The lowest BCUT2D eigenvalue weighted by atomic mass is 9.97. The maximum Gasteiger partial charge on any atom is 0.425 e. The maximum atomic E-state index is 13.3. The van der Waals surface area contributed by atoms with Crippen LogP contribution in [0.4, 0.5) is 17.6 Å². The molecule has 0 spiro atoms. The van der Waals surface area contributed by atoms with Crippen LogP contribution < -0.4 is 5.32 Å². The van der Waals surface area contributed by atoms with E-state index in [1.807, 2.05) is 0 Å². The average molecular weight is 359 g/mol. The zero-order valence-corrected chi connectivity index (χ0v) is 13.3. The number of imidazole rings is 1. The average Bonchev–Trinajstić information content (AvgIpc) is 2.92. The Labute approximate surface area is 141 Å². The Morgan fingerprint density at radius 3 is 2.64 bits per heavy atom. The van der Waals surface area contributed by atoms with Gasteiger partial charge in [0.1, 0.15) is 5.82 Å². The van der Waals surface area contributed by atoms with E-state index >= 15 is 0 Å². The van der Waals surface area contributed by atoms with Gasteiger partial charge in [0, 0.05) is 26.0 Å². The molecule has 0 saturated carbocycles. The van der Waals surface area contributed by atoms with Crippen molar-refractivity contribution < 1.29 is 27.5 Å². The number of amides is 1. The molecule has 9 heteroatoms. The SMILES string of the molecule is Cn1ccnc1C(O)(CC(=O)NCCc1cccc(F)c1)C(F)(F)F.